The summed E-state index contributed by atoms with van der Waals surface area (Å²) in [5.41, 5.74) is 0. The number of piperidine rings is 1. The molecule has 0 spiro atoms. The third-order valence-electron chi connectivity index (χ3n) is 2.90. The lowest BCUT2D eigenvalue weighted by atomic mass is 9.94. The second-order valence-corrected chi connectivity index (χ2v) is 3.53. The van der Waals surface area contributed by atoms with Gasteiger partial charge in [-0.3, -0.25) is 4.79 Å². The Morgan fingerprint density at radius 1 is 1.64 bits per heavy atom. The summed E-state index contributed by atoms with van der Waals surface area (Å²) >= 11 is 0. The minimum absolute atomic E-state index is 0.323. The van der Waals surface area contributed by atoms with Crippen LogP contribution in [-0.2, 0) is 4.79 Å². The van der Waals surface area contributed by atoms with E-state index in [4.69, 9.17) is 0 Å². The van der Waals surface area contributed by atoms with Crippen LogP contribution in [0.4, 0.5) is 0 Å². The van der Waals surface area contributed by atoms with Gasteiger partial charge in [-0.25, -0.2) is 0 Å². The summed E-state index contributed by atoms with van der Waals surface area (Å²) < 4.78 is 0. The van der Waals surface area contributed by atoms with Gasteiger partial charge in [-0.05, 0) is 13.0 Å². The van der Waals surface area contributed by atoms with Crippen LogP contribution in [-0.4, -0.2) is 37.0 Å². The van der Waals surface area contributed by atoms with Crippen molar-refractivity contribution in [3.05, 3.63) is 0 Å². The van der Waals surface area contributed by atoms with E-state index in [0.717, 1.165) is 25.9 Å². The van der Waals surface area contributed by atoms with Crippen LogP contribution < -0.4 is 5.32 Å². The first-order valence-electron chi connectivity index (χ1n) is 4.25. The van der Waals surface area contributed by atoms with Crippen molar-refractivity contribution in [1.82, 2.24) is 10.2 Å². The Balaban J connectivity index is 2.11. The summed E-state index contributed by atoms with van der Waals surface area (Å²) in [6.45, 7) is 2.10. The second kappa shape index (κ2) is 2.48. The predicted octanol–water partition coefficient (Wildman–Crippen LogP) is -0.173. The molecular weight excluding hydrogens is 140 g/mol. The number of nitrogens with one attached hydrogen (secondary N) is 1. The third-order valence-corrected chi connectivity index (χ3v) is 2.90. The molecule has 2 saturated heterocycles. The lowest BCUT2D eigenvalue weighted by Crippen LogP contribution is -2.42. The number of hydrogen-bond donors (Lipinski definition) is 1. The average molecular weight is 154 g/mol. The minimum Gasteiger partial charge on any atom is -0.342 e. The van der Waals surface area contributed by atoms with Crippen LogP contribution in [0.1, 0.15) is 12.8 Å². The molecule has 2 heterocycles. The molecule has 1 amide bonds. The molecule has 11 heavy (non-hydrogen) atoms. The Hall–Kier alpha value is -0.570. The maximum absolute atomic E-state index is 11.2. The fourth-order valence-corrected chi connectivity index (χ4v) is 2.18. The molecule has 0 radical (unpaired) electrons. The number of hydrogen-bond acceptors (Lipinski definition) is 2. The number of carbonyl (C=O) groups excluding carboxylic acids is 1. The normalized spacial score (nSPS) is 37.5. The molecule has 2 aliphatic heterocycles. The maximum atomic E-state index is 11.2. The van der Waals surface area contributed by atoms with Crippen LogP contribution in [0.15, 0.2) is 0 Å². The van der Waals surface area contributed by atoms with E-state index in [1.807, 2.05) is 11.9 Å². The van der Waals surface area contributed by atoms with Gasteiger partial charge in [-0.2, -0.15) is 0 Å². The van der Waals surface area contributed by atoms with E-state index in [0.29, 0.717) is 17.9 Å². The Kier molecular flexibility index (Phi) is 1.60. The molecule has 1 N–H and O–H groups in total. The number of rotatable bonds is 0. The summed E-state index contributed by atoms with van der Waals surface area (Å²) in [7, 11) is 1.93. The molecule has 3 heteroatoms. The molecule has 2 aliphatic rings. The first kappa shape index (κ1) is 7.10. The predicted molar refractivity (Wildman–Crippen MR) is 42.2 cm³/mol. The molecule has 0 aromatic heterocycles. The Bertz CT molecular complexity index is 181. The Labute approximate surface area is 66.8 Å². The van der Waals surface area contributed by atoms with Gasteiger partial charge in [0.15, 0.2) is 0 Å². The Morgan fingerprint density at radius 2 is 2.45 bits per heavy atom. The molecular formula is C8H14N2O. The van der Waals surface area contributed by atoms with Crippen LogP contribution in [0.2, 0.25) is 0 Å². The first-order chi connectivity index (χ1) is 5.29. The van der Waals surface area contributed by atoms with Crippen LogP contribution >= 0.6 is 0 Å². The van der Waals surface area contributed by atoms with Crippen molar-refractivity contribution in [3.63, 3.8) is 0 Å². The number of carbonyl (C=O) groups is 1. The van der Waals surface area contributed by atoms with Crippen LogP contribution in [0, 0.1) is 5.92 Å². The molecule has 0 aliphatic carbocycles. The Morgan fingerprint density at radius 3 is 3.18 bits per heavy atom. The molecule has 0 unspecified atom stereocenters. The van der Waals surface area contributed by atoms with E-state index in [-0.39, 0.29) is 0 Å². The molecule has 0 saturated carbocycles. The van der Waals surface area contributed by atoms with E-state index in [1.54, 1.807) is 0 Å². The number of nitrogens with zero attached hydrogens (tertiary/aromatic N) is 1. The largest absolute Gasteiger partial charge is 0.342 e. The summed E-state index contributed by atoms with van der Waals surface area (Å²) in [4.78, 5) is 13.2. The molecule has 0 aromatic carbocycles. The quantitative estimate of drug-likeness (QED) is 0.525. The van der Waals surface area contributed by atoms with E-state index in [2.05, 4.69) is 5.32 Å². The highest BCUT2D eigenvalue weighted by Crippen LogP contribution is 2.27. The minimum atomic E-state index is 0.323. The van der Waals surface area contributed by atoms with Crippen molar-refractivity contribution in [2.75, 3.05) is 20.1 Å². The molecule has 3 nitrogen and oxygen atoms in total. The summed E-state index contributed by atoms with van der Waals surface area (Å²) in [5.74, 6) is 0.907. The van der Waals surface area contributed by atoms with Gasteiger partial charge in [0.25, 0.3) is 0 Å². The molecule has 2 atom stereocenters. The van der Waals surface area contributed by atoms with Crippen LogP contribution in [0.25, 0.3) is 0 Å². The zero-order valence-corrected chi connectivity index (χ0v) is 6.84. The average Bonchev–Trinajstić information content (AvgIpc) is 2.30. The van der Waals surface area contributed by atoms with Crippen molar-refractivity contribution in [2.24, 2.45) is 5.92 Å². The first-order valence-corrected chi connectivity index (χ1v) is 4.25. The van der Waals surface area contributed by atoms with E-state index >= 15 is 0 Å². The highest BCUT2D eigenvalue weighted by atomic mass is 16.2. The number of amides is 1. The van der Waals surface area contributed by atoms with Gasteiger partial charge in [-0.15, -0.1) is 0 Å². The third kappa shape index (κ3) is 1.03. The summed E-state index contributed by atoms with van der Waals surface area (Å²) in [6.07, 6.45) is 1.89. The standard InChI is InChI=1S/C8H14N2O/c1-10-7-2-3-9-5-6(7)4-8(10)11/h6-7,9H,2-5H2,1H3/t6-,7-/m1/s1. The van der Waals surface area contributed by atoms with Crippen LogP contribution in [0.5, 0.6) is 0 Å². The van der Waals surface area contributed by atoms with Gasteiger partial charge in [0.05, 0.1) is 0 Å². The molecule has 2 fully saturated rings. The van der Waals surface area contributed by atoms with Gasteiger partial charge in [0, 0.05) is 32.0 Å². The summed E-state index contributed by atoms with van der Waals surface area (Å²) in [5, 5.41) is 3.32. The molecule has 62 valence electrons. The lowest BCUT2D eigenvalue weighted by Gasteiger charge is -2.29. The van der Waals surface area contributed by atoms with E-state index < -0.39 is 0 Å². The van der Waals surface area contributed by atoms with Crippen molar-refractivity contribution < 1.29 is 4.79 Å². The van der Waals surface area contributed by atoms with Gasteiger partial charge >= 0.3 is 0 Å². The monoisotopic (exact) mass is 154 g/mol. The zero-order chi connectivity index (χ0) is 7.84. The van der Waals surface area contributed by atoms with Gasteiger partial charge in [0.2, 0.25) is 5.91 Å². The van der Waals surface area contributed by atoms with Gasteiger partial charge in [0.1, 0.15) is 0 Å². The van der Waals surface area contributed by atoms with Crippen molar-refractivity contribution in [3.8, 4) is 0 Å². The topological polar surface area (TPSA) is 32.3 Å². The van der Waals surface area contributed by atoms with E-state index in [9.17, 15) is 4.79 Å². The highest BCUT2D eigenvalue weighted by molar-refractivity contribution is 5.79. The smallest absolute Gasteiger partial charge is 0.222 e. The van der Waals surface area contributed by atoms with Crippen molar-refractivity contribution in [1.29, 1.82) is 0 Å². The van der Waals surface area contributed by atoms with Crippen molar-refractivity contribution in [2.45, 2.75) is 18.9 Å². The van der Waals surface area contributed by atoms with E-state index in [1.165, 1.54) is 0 Å². The van der Waals surface area contributed by atoms with Gasteiger partial charge < -0.3 is 10.2 Å². The highest BCUT2D eigenvalue weighted by Gasteiger charge is 2.38. The second-order valence-electron chi connectivity index (χ2n) is 3.53. The molecule has 0 bridgehead atoms. The summed E-state index contributed by atoms with van der Waals surface area (Å²) in [6, 6.07) is 0.531. The maximum Gasteiger partial charge on any atom is 0.222 e. The van der Waals surface area contributed by atoms with Crippen LogP contribution in [0.3, 0.4) is 0 Å². The van der Waals surface area contributed by atoms with Crippen molar-refractivity contribution >= 4 is 5.91 Å². The SMILES string of the molecule is CN1C(=O)C[C@@H]2CNCC[C@H]21. The zero-order valence-electron chi connectivity index (χ0n) is 6.84. The fourth-order valence-electron chi connectivity index (χ4n) is 2.18. The van der Waals surface area contributed by atoms with Gasteiger partial charge in [-0.1, -0.05) is 0 Å². The molecule has 0 aromatic rings. The molecule has 2 rings (SSSR count). The number of fused-ring (bicyclic) bond motifs is 1. The number of likely N-dealkylation sites (tertiary alicyclic amines) is 1. The lowest BCUT2D eigenvalue weighted by molar-refractivity contribution is -0.127. The fraction of sp³-hybridized carbons (Fsp3) is 0.875.